The molecule has 0 saturated carbocycles. The van der Waals surface area contributed by atoms with Crippen molar-refractivity contribution in [2.75, 3.05) is 0 Å². The first-order valence-electron chi connectivity index (χ1n) is 5.71. The number of nitrogens with one attached hydrogen (secondary N) is 1. The maximum absolute atomic E-state index is 12.2. The molecule has 100 valence electrons. The first kappa shape index (κ1) is 12.4. The van der Waals surface area contributed by atoms with E-state index in [1.54, 1.807) is 0 Å². The van der Waals surface area contributed by atoms with E-state index in [4.69, 9.17) is 0 Å². The molecule has 0 aliphatic rings. The topological polar surface area (TPSA) is 97.2 Å². The van der Waals surface area contributed by atoms with Crippen LogP contribution in [0.1, 0.15) is 11.3 Å². The molecule has 2 aromatic heterocycles. The molecule has 0 amide bonds. The Morgan fingerprint density at radius 2 is 1.85 bits per heavy atom. The van der Waals surface area contributed by atoms with Crippen LogP contribution in [0.4, 0.5) is 0 Å². The Morgan fingerprint density at radius 1 is 1.10 bits per heavy atom. The van der Waals surface area contributed by atoms with E-state index < -0.39 is 15.9 Å². The van der Waals surface area contributed by atoms with Crippen molar-refractivity contribution in [3.63, 3.8) is 0 Å². The number of aromatic amines is 1. The van der Waals surface area contributed by atoms with Crippen LogP contribution in [-0.2, 0) is 6.42 Å². The molecule has 0 radical (unpaired) electrons. The summed E-state index contributed by atoms with van der Waals surface area (Å²) >= 11 is 0.588. The SMILES string of the molecule is O=c1[nH]n2c(=O)c(Cc3ccccc3)nnc2sc1=O. The van der Waals surface area contributed by atoms with Crippen LogP contribution in [0.25, 0.3) is 4.96 Å². The first-order chi connectivity index (χ1) is 9.65. The summed E-state index contributed by atoms with van der Waals surface area (Å²) < 4.78 is 0.245. The molecule has 0 aliphatic carbocycles. The number of fused-ring (bicyclic) bond motifs is 1. The van der Waals surface area contributed by atoms with Crippen molar-refractivity contribution < 1.29 is 0 Å². The van der Waals surface area contributed by atoms with Gasteiger partial charge in [0.1, 0.15) is 5.69 Å². The van der Waals surface area contributed by atoms with Gasteiger partial charge in [-0.05, 0) is 16.9 Å². The van der Waals surface area contributed by atoms with Gasteiger partial charge in [-0.15, -0.1) is 10.2 Å². The highest BCUT2D eigenvalue weighted by Crippen LogP contribution is 2.03. The van der Waals surface area contributed by atoms with Crippen molar-refractivity contribution in [3.8, 4) is 0 Å². The molecule has 1 aromatic carbocycles. The summed E-state index contributed by atoms with van der Waals surface area (Å²) in [6.07, 6.45) is 0.307. The molecule has 0 bridgehead atoms. The minimum Gasteiger partial charge on any atom is -0.271 e. The molecule has 0 atom stereocenters. The van der Waals surface area contributed by atoms with Gasteiger partial charge >= 0.3 is 10.3 Å². The number of H-pyrrole nitrogens is 1. The molecule has 7 nitrogen and oxygen atoms in total. The molecular formula is C12H8N4O3S. The number of aromatic nitrogens is 4. The molecule has 0 fully saturated rings. The average Bonchev–Trinajstić information content (AvgIpc) is 2.46. The van der Waals surface area contributed by atoms with Crippen molar-refractivity contribution >= 4 is 16.3 Å². The van der Waals surface area contributed by atoms with Crippen molar-refractivity contribution in [2.45, 2.75) is 6.42 Å². The van der Waals surface area contributed by atoms with Crippen LogP contribution in [0, 0.1) is 0 Å². The van der Waals surface area contributed by atoms with Crippen LogP contribution >= 0.6 is 11.3 Å². The van der Waals surface area contributed by atoms with Gasteiger partial charge in [0.15, 0.2) is 0 Å². The second-order valence-corrected chi connectivity index (χ2v) is 5.00. The average molecular weight is 288 g/mol. The number of rotatable bonds is 2. The zero-order valence-electron chi connectivity index (χ0n) is 10.1. The zero-order valence-corrected chi connectivity index (χ0v) is 10.9. The smallest absolute Gasteiger partial charge is 0.271 e. The lowest BCUT2D eigenvalue weighted by atomic mass is 10.1. The van der Waals surface area contributed by atoms with Crippen LogP contribution in [0.3, 0.4) is 0 Å². The third-order valence-electron chi connectivity index (χ3n) is 2.69. The molecule has 0 aliphatic heterocycles. The highest BCUT2D eigenvalue weighted by molar-refractivity contribution is 7.14. The highest BCUT2D eigenvalue weighted by atomic mass is 32.1. The quantitative estimate of drug-likeness (QED) is 0.658. The molecule has 20 heavy (non-hydrogen) atoms. The molecule has 8 heteroatoms. The Kier molecular flexibility index (Phi) is 2.99. The van der Waals surface area contributed by atoms with E-state index in [0.717, 1.165) is 10.1 Å². The normalized spacial score (nSPS) is 10.8. The fourth-order valence-corrected chi connectivity index (χ4v) is 2.35. The predicted molar refractivity (Wildman–Crippen MR) is 73.3 cm³/mol. The monoisotopic (exact) mass is 288 g/mol. The number of hydrogen-bond donors (Lipinski definition) is 1. The van der Waals surface area contributed by atoms with Crippen molar-refractivity contribution in [1.29, 1.82) is 0 Å². The largest absolute Gasteiger partial charge is 0.321 e. The van der Waals surface area contributed by atoms with Crippen LogP contribution < -0.4 is 15.9 Å². The third-order valence-corrected chi connectivity index (χ3v) is 3.51. The summed E-state index contributed by atoms with van der Waals surface area (Å²) in [5.41, 5.74) is -0.212. The predicted octanol–water partition coefficient (Wildman–Crippen LogP) is -0.210. The van der Waals surface area contributed by atoms with Gasteiger partial charge in [0.2, 0.25) is 4.96 Å². The Labute approximate surface area is 115 Å². The molecule has 0 saturated heterocycles. The van der Waals surface area contributed by atoms with Crippen LogP contribution in [0.5, 0.6) is 0 Å². The van der Waals surface area contributed by atoms with Crippen molar-refractivity contribution in [1.82, 2.24) is 19.8 Å². The molecule has 2 heterocycles. The van der Waals surface area contributed by atoms with Crippen molar-refractivity contribution in [2.24, 2.45) is 0 Å². The number of benzene rings is 1. The number of nitrogens with zero attached hydrogens (tertiary/aromatic N) is 3. The summed E-state index contributed by atoms with van der Waals surface area (Å²) in [7, 11) is 0. The molecule has 3 rings (SSSR count). The second-order valence-electron chi connectivity index (χ2n) is 4.06. The summed E-state index contributed by atoms with van der Waals surface area (Å²) in [6.45, 7) is 0. The van der Waals surface area contributed by atoms with Gasteiger partial charge in [-0.25, -0.2) is 0 Å². The lowest BCUT2D eigenvalue weighted by Gasteiger charge is -2.01. The summed E-state index contributed by atoms with van der Waals surface area (Å²) in [5.74, 6) is 0. The van der Waals surface area contributed by atoms with E-state index in [2.05, 4.69) is 15.3 Å². The first-order valence-corrected chi connectivity index (χ1v) is 6.52. The van der Waals surface area contributed by atoms with Gasteiger partial charge in [-0.1, -0.05) is 30.3 Å². The van der Waals surface area contributed by atoms with E-state index in [-0.39, 0.29) is 10.7 Å². The van der Waals surface area contributed by atoms with Gasteiger partial charge < -0.3 is 0 Å². The van der Waals surface area contributed by atoms with E-state index in [1.807, 2.05) is 30.3 Å². The highest BCUT2D eigenvalue weighted by Gasteiger charge is 2.10. The zero-order chi connectivity index (χ0) is 14.1. The third kappa shape index (κ3) is 2.16. The summed E-state index contributed by atoms with van der Waals surface area (Å²) in [6, 6.07) is 9.31. The fraction of sp³-hybridized carbons (Fsp3) is 0.0833. The van der Waals surface area contributed by atoms with Gasteiger partial charge in [-0.2, -0.15) is 4.52 Å². The van der Waals surface area contributed by atoms with Crippen LogP contribution in [-0.4, -0.2) is 19.8 Å². The molecular weight excluding hydrogens is 280 g/mol. The molecule has 0 unspecified atom stereocenters. The van der Waals surface area contributed by atoms with E-state index in [9.17, 15) is 14.4 Å². The van der Waals surface area contributed by atoms with Gasteiger partial charge in [0, 0.05) is 6.42 Å². The second kappa shape index (κ2) is 4.82. The van der Waals surface area contributed by atoms with Crippen LogP contribution in [0.2, 0.25) is 0 Å². The summed E-state index contributed by atoms with van der Waals surface area (Å²) in [4.78, 5) is 34.8. The molecule has 0 spiro atoms. The minimum absolute atomic E-state index is 0.0661. The van der Waals surface area contributed by atoms with Gasteiger partial charge in [0.05, 0.1) is 0 Å². The minimum atomic E-state index is -0.844. The Hall–Kier alpha value is -2.61. The van der Waals surface area contributed by atoms with E-state index in [0.29, 0.717) is 17.8 Å². The number of hydrogen-bond acceptors (Lipinski definition) is 6. The Morgan fingerprint density at radius 3 is 2.60 bits per heavy atom. The molecule has 3 aromatic rings. The van der Waals surface area contributed by atoms with E-state index in [1.165, 1.54) is 0 Å². The standard InChI is InChI=1S/C12H8N4O3S/c17-9-11(19)20-12-14-13-8(10(18)16(12)15-9)6-7-4-2-1-3-5-7/h1-5H,6H2,(H,15,17). The lowest BCUT2D eigenvalue weighted by Crippen LogP contribution is -2.33. The maximum Gasteiger partial charge on any atom is 0.321 e. The van der Waals surface area contributed by atoms with E-state index >= 15 is 0 Å². The van der Waals surface area contributed by atoms with Gasteiger partial charge in [0.25, 0.3) is 5.56 Å². The van der Waals surface area contributed by atoms with Crippen molar-refractivity contribution in [3.05, 3.63) is 71.8 Å². The lowest BCUT2D eigenvalue weighted by molar-refractivity contribution is 0.783. The Bertz CT molecular complexity index is 943. The maximum atomic E-state index is 12.2. The van der Waals surface area contributed by atoms with Crippen LogP contribution in [0.15, 0.2) is 44.7 Å². The fourth-order valence-electron chi connectivity index (χ4n) is 1.75. The molecule has 1 N–H and O–H groups in total. The van der Waals surface area contributed by atoms with Gasteiger partial charge in [-0.3, -0.25) is 19.5 Å². The summed E-state index contributed by atoms with van der Waals surface area (Å²) in [5, 5.41) is 9.84. The Balaban J connectivity index is 2.17.